The molecule has 0 aliphatic heterocycles. The normalized spacial score (nSPS) is 17.2. The Hall–Kier alpha value is -1.54. The number of hydrogen-bond acceptors (Lipinski definition) is 3. The van der Waals surface area contributed by atoms with Gasteiger partial charge in [-0.2, -0.15) is 5.26 Å². The first-order valence-electron chi connectivity index (χ1n) is 6.74. The van der Waals surface area contributed by atoms with E-state index >= 15 is 0 Å². The van der Waals surface area contributed by atoms with E-state index in [0.29, 0.717) is 12.1 Å². The maximum absolute atomic E-state index is 11.6. The first kappa shape index (κ1) is 14.9. The maximum atomic E-state index is 11.6. The molecule has 1 aliphatic carbocycles. The summed E-state index contributed by atoms with van der Waals surface area (Å²) >= 11 is 3.34. The Kier molecular flexibility index (Phi) is 4.66. The van der Waals surface area contributed by atoms with Crippen molar-refractivity contribution >= 4 is 27.6 Å². The highest BCUT2D eigenvalue weighted by molar-refractivity contribution is 9.10. The van der Waals surface area contributed by atoms with Crippen LogP contribution < -0.4 is 5.32 Å². The molecule has 0 bridgehead atoms. The fraction of sp³-hybridized carbons (Fsp3) is 0.467. The number of rotatable bonds is 4. The number of benzene rings is 1. The molecular formula is C15H17BrN2O2. The molecule has 20 heavy (non-hydrogen) atoms. The molecule has 4 nitrogen and oxygen atoms in total. The quantitative estimate of drug-likeness (QED) is 0.877. The zero-order chi connectivity index (χ0) is 14.6. The molecule has 1 fully saturated rings. The molecule has 5 heteroatoms. The molecule has 1 saturated carbocycles. The molecule has 1 aromatic carbocycles. The van der Waals surface area contributed by atoms with Gasteiger partial charge in [-0.3, -0.25) is 4.79 Å². The molecule has 0 heterocycles. The average molecular weight is 337 g/mol. The van der Waals surface area contributed by atoms with Gasteiger partial charge in [0.1, 0.15) is 6.07 Å². The summed E-state index contributed by atoms with van der Waals surface area (Å²) in [6, 6.07) is 7.43. The van der Waals surface area contributed by atoms with Crippen LogP contribution in [0.3, 0.4) is 0 Å². The second-order valence-electron chi connectivity index (χ2n) is 5.31. The lowest BCUT2D eigenvalue weighted by Crippen LogP contribution is -2.39. The number of halogens is 1. The Morgan fingerprint density at radius 3 is 2.65 bits per heavy atom. The standard InChI is InChI=1S/C15H17BrN2O2/c16-13-8-12(5-4-11(13)9-17)18-10-15(14(19)20)6-2-1-3-7-15/h4-5,8,18H,1-3,6-7,10H2,(H,19,20). The smallest absolute Gasteiger partial charge is 0.311 e. The first-order valence-corrected chi connectivity index (χ1v) is 7.54. The van der Waals surface area contributed by atoms with Crippen molar-refractivity contribution in [1.29, 1.82) is 5.26 Å². The average Bonchev–Trinajstić information content (AvgIpc) is 2.46. The number of nitrogens with zero attached hydrogens (tertiary/aromatic N) is 1. The summed E-state index contributed by atoms with van der Waals surface area (Å²) in [6.07, 6.45) is 4.53. The van der Waals surface area contributed by atoms with Gasteiger partial charge < -0.3 is 10.4 Å². The molecule has 0 atom stereocenters. The van der Waals surface area contributed by atoms with Crippen molar-refractivity contribution in [2.75, 3.05) is 11.9 Å². The summed E-state index contributed by atoms with van der Waals surface area (Å²) in [6.45, 7) is 0.431. The van der Waals surface area contributed by atoms with Crippen molar-refractivity contribution in [1.82, 2.24) is 0 Å². The van der Waals surface area contributed by atoms with Crippen LogP contribution in [-0.4, -0.2) is 17.6 Å². The van der Waals surface area contributed by atoms with Crippen LogP contribution in [0.4, 0.5) is 5.69 Å². The summed E-state index contributed by atoms with van der Waals surface area (Å²) in [5.41, 5.74) is 0.752. The van der Waals surface area contributed by atoms with Gasteiger partial charge in [0, 0.05) is 16.7 Å². The predicted molar refractivity (Wildman–Crippen MR) is 80.5 cm³/mol. The van der Waals surface area contributed by atoms with Crippen LogP contribution in [-0.2, 0) is 4.79 Å². The minimum atomic E-state index is -0.711. The lowest BCUT2D eigenvalue weighted by atomic mass is 9.74. The number of nitrogens with one attached hydrogen (secondary N) is 1. The zero-order valence-corrected chi connectivity index (χ0v) is 12.7. The van der Waals surface area contributed by atoms with E-state index in [1.807, 2.05) is 12.1 Å². The molecule has 2 rings (SSSR count). The van der Waals surface area contributed by atoms with E-state index in [2.05, 4.69) is 27.3 Å². The lowest BCUT2D eigenvalue weighted by Gasteiger charge is -2.33. The fourth-order valence-corrected chi connectivity index (χ4v) is 3.15. The predicted octanol–water partition coefficient (Wildman–Crippen LogP) is 3.77. The van der Waals surface area contributed by atoms with Gasteiger partial charge in [0.05, 0.1) is 11.0 Å². The minimum absolute atomic E-state index is 0.431. The van der Waals surface area contributed by atoms with E-state index in [0.717, 1.165) is 42.3 Å². The molecule has 0 aromatic heterocycles. The maximum Gasteiger partial charge on any atom is 0.311 e. The van der Waals surface area contributed by atoms with E-state index in [-0.39, 0.29) is 0 Å². The number of nitriles is 1. The van der Waals surface area contributed by atoms with Crippen LogP contribution in [0, 0.1) is 16.7 Å². The number of hydrogen-bond donors (Lipinski definition) is 2. The van der Waals surface area contributed by atoms with E-state index in [1.165, 1.54) is 0 Å². The molecule has 106 valence electrons. The molecule has 1 aliphatic rings. The molecule has 1 aromatic rings. The molecule has 0 spiro atoms. The largest absolute Gasteiger partial charge is 0.481 e. The highest BCUT2D eigenvalue weighted by Gasteiger charge is 2.39. The van der Waals surface area contributed by atoms with Crippen molar-refractivity contribution in [2.24, 2.45) is 5.41 Å². The summed E-state index contributed by atoms with van der Waals surface area (Å²) < 4.78 is 0.720. The van der Waals surface area contributed by atoms with Crippen LogP contribution in [0.1, 0.15) is 37.7 Å². The second-order valence-corrected chi connectivity index (χ2v) is 6.16. The lowest BCUT2D eigenvalue weighted by molar-refractivity contribution is -0.150. The van der Waals surface area contributed by atoms with Crippen LogP contribution in [0.15, 0.2) is 22.7 Å². The third kappa shape index (κ3) is 3.13. The molecule has 0 radical (unpaired) electrons. The van der Waals surface area contributed by atoms with E-state index < -0.39 is 11.4 Å². The summed E-state index contributed by atoms with van der Waals surface area (Å²) in [4.78, 5) is 11.6. The van der Waals surface area contributed by atoms with E-state index in [9.17, 15) is 9.90 Å². The molecule has 2 N–H and O–H groups in total. The van der Waals surface area contributed by atoms with Crippen LogP contribution in [0.2, 0.25) is 0 Å². The topological polar surface area (TPSA) is 73.1 Å². The van der Waals surface area contributed by atoms with Crippen LogP contribution in [0.5, 0.6) is 0 Å². The van der Waals surface area contributed by atoms with Gasteiger partial charge in [-0.25, -0.2) is 0 Å². The highest BCUT2D eigenvalue weighted by Crippen LogP contribution is 2.37. The van der Waals surface area contributed by atoms with Crippen molar-refractivity contribution in [2.45, 2.75) is 32.1 Å². The monoisotopic (exact) mass is 336 g/mol. The number of anilines is 1. The Morgan fingerprint density at radius 2 is 2.10 bits per heavy atom. The van der Waals surface area contributed by atoms with Gasteiger partial charge in [-0.1, -0.05) is 19.3 Å². The number of carboxylic acids is 1. The van der Waals surface area contributed by atoms with Crippen molar-refractivity contribution in [3.05, 3.63) is 28.2 Å². The minimum Gasteiger partial charge on any atom is -0.481 e. The molecule has 0 saturated heterocycles. The zero-order valence-electron chi connectivity index (χ0n) is 11.2. The van der Waals surface area contributed by atoms with Gasteiger partial charge in [0.15, 0.2) is 0 Å². The van der Waals surface area contributed by atoms with E-state index in [1.54, 1.807) is 6.07 Å². The fourth-order valence-electron chi connectivity index (χ4n) is 2.68. The van der Waals surface area contributed by atoms with Crippen LogP contribution in [0.25, 0.3) is 0 Å². The SMILES string of the molecule is N#Cc1ccc(NCC2(C(=O)O)CCCCC2)cc1Br. The van der Waals surface area contributed by atoms with Crippen molar-refractivity contribution in [3.63, 3.8) is 0 Å². The number of carbonyl (C=O) groups is 1. The Morgan fingerprint density at radius 1 is 1.40 bits per heavy atom. The first-order chi connectivity index (χ1) is 9.57. The third-order valence-electron chi connectivity index (χ3n) is 3.98. The highest BCUT2D eigenvalue weighted by atomic mass is 79.9. The molecule has 0 unspecified atom stereocenters. The summed E-state index contributed by atoms with van der Waals surface area (Å²) in [5, 5.41) is 21.6. The van der Waals surface area contributed by atoms with Gasteiger partial charge >= 0.3 is 5.97 Å². The van der Waals surface area contributed by atoms with Crippen molar-refractivity contribution in [3.8, 4) is 6.07 Å². The number of carboxylic acid groups (broad SMARTS) is 1. The Bertz CT molecular complexity index is 545. The molecule has 0 amide bonds. The summed E-state index contributed by atoms with van der Waals surface area (Å²) in [5.74, 6) is -0.711. The van der Waals surface area contributed by atoms with E-state index in [4.69, 9.17) is 5.26 Å². The van der Waals surface area contributed by atoms with Gasteiger partial charge in [0.25, 0.3) is 0 Å². The Labute approximate surface area is 126 Å². The van der Waals surface area contributed by atoms with Gasteiger partial charge in [0.2, 0.25) is 0 Å². The Balaban J connectivity index is 2.08. The van der Waals surface area contributed by atoms with Crippen LogP contribution >= 0.6 is 15.9 Å². The van der Waals surface area contributed by atoms with Crippen molar-refractivity contribution < 1.29 is 9.90 Å². The number of aliphatic carboxylic acids is 1. The molecular weight excluding hydrogens is 320 g/mol. The third-order valence-corrected chi connectivity index (χ3v) is 4.64. The summed E-state index contributed by atoms with van der Waals surface area (Å²) in [7, 11) is 0. The second kappa shape index (κ2) is 6.27. The van der Waals surface area contributed by atoms with Gasteiger partial charge in [-0.15, -0.1) is 0 Å². The van der Waals surface area contributed by atoms with Gasteiger partial charge in [-0.05, 0) is 47.0 Å².